The zero-order valence-corrected chi connectivity index (χ0v) is 43.8. The Labute approximate surface area is 397 Å². The Balaban J connectivity index is 1.37. The number of cyclic esters (lactones) is 1. The van der Waals surface area contributed by atoms with Gasteiger partial charge in [0, 0.05) is 26.7 Å². The third-order valence-corrected chi connectivity index (χ3v) is 19.9. The summed E-state index contributed by atoms with van der Waals surface area (Å²) in [7, 11) is -4.09. The summed E-state index contributed by atoms with van der Waals surface area (Å²) in [5, 5.41) is 24.7. The lowest BCUT2D eigenvalue weighted by Gasteiger charge is -2.48. The second-order valence-corrected chi connectivity index (χ2v) is 31.0. The van der Waals surface area contributed by atoms with Gasteiger partial charge in [0.2, 0.25) is 0 Å². The normalized spacial score (nSPS) is 20.8. The number of aliphatic hydroxyl groups is 2. The number of unbranched alkanes of at least 4 members (excludes halogenated alkanes) is 11. The topological polar surface area (TPSA) is 94.5 Å². The molecular weight excluding hydrogens is 841 g/mol. The van der Waals surface area contributed by atoms with Gasteiger partial charge in [-0.25, -0.2) is 4.79 Å². The molecule has 0 aliphatic carbocycles. The molecule has 7 atom stereocenters. The van der Waals surface area contributed by atoms with Gasteiger partial charge in [0.05, 0.1) is 24.4 Å². The molecule has 1 unspecified atom stereocenters. The average Bonchev–Trinajstić information content (AvgIpc) is 3.59. The number of ether oxygens (including phenoxy) is 3. The fraction of sp³-hybridized carbons (Fsp3) is 0.661. The van der Waals surface area contributed by atoms with Crippen molar-refractivity contribution in [3.8, 4) is 11.8 Å². The van der Waals surface area contributed by atoms with Crippen LogP contribution in [0.2, 0.25) is 30.7 Å². The summed E-state index contributed by atoms with van der Waals surface area (Å²) in [6.07, 6.45) is 23.1. The van der Waals surface area contributed by atoms with Gasteiger partial charge in [0.1, 0.15) is 18.3 Å². The number of esters is 1. The van der Waals surface area contributed by atoms with E-state index in [0.29, 0.717) is 32.3 Å². The predicted molar refractivity (Wildman–Crippen MR) is 275 cm³/mol. The number of hydrogen-bond acceptors (Lipinski definition) is 7. The molecule has 2 aliphatic heterocycles. The summed E-state index contributed by atoms with van der Waals surface area (Å²) in [6, 6.07) is 22.7. The van der Waals surface area contributed by atoms with E-state index < -0.39 is 34.7 Å². The van der Waals surface area contributed by atoms with Crippen LogP contribution in [0.4, 0.5) is 0 Å². The minimum atomic E-state index is -2.85. The fourth-order valence-electron chi connectivity index (χ4n) is 9.34. The highest BCUT2D eigenvalue weighted by molar-refractivity contribution is 6.99. The first-order valence-electron chi connectivity index (χ1n) is 25.6. The van der Waals surface area contributed by atoms with Gasteiger partial charge in [-0.3, -0.25) is 0 Å². The van der Waals surface area contributed by atoms with Crippen molar-refractivity contribution in [1.29, 1.82) is 0 Å². The number of carbonyl (C=O) groups excluding carboxylic acids is 1. The van der Waals surface area contributed by atoms with Crippen molar-refractivity contribution < 1.29 is 33.6 Å². The maximum atomic E-state index is 12.3. The molecule has 9 heteroatoms. The number of benzene rings is 2. The molecule has 0 bridgehead atoms. The first kappa shape index (κ1) is 54.8. The van der Waals surface area contributed by atoms with Gasteiger partial charge in [-0.1, -0.05) is 196 Å². The molecule has 362 valence electrons. The van der Waals surface area contributed by atoms with Gasteiger partial charge in [0.15, 0.2) is 0 Å². The molecule has 2 aromatic carbocycles. The van der Waals surface area contributed by atoms with E-state index in [9.17, 15) is 15.0 Å². The lowest BCUT2D eigenvalue weighted by molar-refractivity contribution is -0.139. The van der Waals surface area contributed by atoms with Crippen LogP contribution in [-0.2, 0) is 23.4 Å². The van der Waals surface area contributed by atoms with Crippen molar-refractivity contribution in [2.75, 3.05) is 6.61 Å². The molecule has 2 aromatic rings. The molecule has 0 amide bonds. The Morgan fingerprint density at radius 3 is 1.98 bits per heavy atom. The summed E-state index contributed by atoms with van der Waals surface area (Å²) >= 11 is 0. The second-order valence-electron chi connectivity index (χ2n) is 21.1. The van der Waals surface area contributed by atoms with Gasteiger partial charge < -0.3 is 28.8 Å². The molecule has 65 heavy (non-hydrogen) atoms. The van der Waals surface area contributed by atoms with E-state index in [-0.39, 0.29) is 35.4 Å². The largest absolute Gasteiger partial charge is 0.455 e. The van der Waals surface area contributed by atoms with Gasteiger partial charge in [-0.05, 0) is 85.8 Å². The summed E-state index contributed by atoms with van der Waals surface area (Å²) < 4.78 is 26.2. The van der Waals surface area contributed by atoms with Gasteiger partial charge >= 0.3 is 5.97 Å². The highest BCUT2D eigenvalue weighted by Crippen LogP contribution is 2.40. The van der Waals surface area contributed by atoms with Crippen LogP contribution in [0.5, 0.6) is 0 Å². The van der Waals surface area contributed by atoms with E-state index in [1.165, 1.54) is 68.2 Å². The number of rotatable bonds is 29. The highest BCUT2D eigenvalue weighted by Gasteiger charge is 2.53. The Morgan fingerprint density at radius 1 is 0.800 bits per heavy atom. The number of carbonyl (C=O) groups is 1. The SMILES string of the molecule is CCCCCCCCCCC/C=C\C[C@H]1O[C@@H](C(O)C#C[C@H](O)CCCCC[C@H](CC2=C[C@H](C)OC2=O)OCC[Si](C)(C)C)CC[C@H]1O[Si](c1ccccc1)(c1ccccc1)C(C)(C)C. The van der Waals surface area contributed by atoms with E-state index in [1.54, 1.807) is 0 Å². The zero-order chi connectivity index (χ0) is 47.1. The maximum absolute atomic E-state index is 12.3. The van der Waals surface area contributed by atoms with Crippen molar-refractivity contribution in [3.05, 3.63) is 84.5 Å². The minimum Gasteiger partial charge on any atom is -0.455 e. The van der Waals surface area contributed by atoms with E-state index in [4.69, 9.17) is 18.6 Å². The van der Waals surface area contributed by atoms with Crippen LogP contribution in [-0.4, -0.2) is 81.9 Å². The van der Waals surface area contributed by atoms with E-state index in [2.05, 4.69) is 132 Å². The van der Waals surface area contributed by atoms with E-state index >= 15 is 0 Å². The summed E-state index contributed by atoms with van der Waals surface area (Å²) in [5.74, 6) is 5.71. The second kappa shape index (κ2) is 28.5. The highest BCUT2D eigenvalue weighted by atomic mass is 28.4. The first-order chi connectivity index (χ1) is 31.1. The quantitative estimate of drug-likeness (QED) is 0.0276. The molecule has 0 aromatic heterocycles. The molecule has 1 saturated heterocycles. The molecular formula is C56H88O7Si2. The molecule has 0 radical (unpaired) electrons. The average molecular weight is 929 g/mol. The van der Waals surface area contributed by atoms with Crippen LogP contribution in [0.1, 0.15) is 157 Å². The molecule has 2 aliphatic rings. The van der Waals surface area contributed by atoms with E-state index in [0.717, 1.165) is 50.1 Å². The van der Waals surface area contributed by atoms with Gasteiger partial charge in [-0.2, -0.15) is 0 Å². The molecule has 0 saturated carbocycles. The fourth-order valence-corrected chi connectivity index (χ4v) is 14.8. The summed E-state index contributed by atoms with van der Waals surface area (Å²) in [5.41, 5.74) is 0.719. The molecule has 0 spiro atoms. The van der Waals surface area contributed by atoms with Crippen molar-refractivity contribution >= 4 is 32.7 Å². The maximum Gasteiger partial charge on any atom is 0.334 e. The van der Waals surface area contributed by atoms with Gasteiger partial charge in [0.25, 0.3) is 8.32 Å². The number of allylic oxidation sites excluding steroid dienone is 1. The lowest BCUT2D eigenvalue weighted by atomic mass is 9.96. The van der Waals surface area contributed by atoms with Crippen molar-refractivity contribution in [1.82, 2.24) is 0 Å². The summed E-state index contributed by atoms with van der Waals surface area (Å²) in [4.78, 5) is 12.3. The first-order valence-corrected chi connectivity index (χ1v) is 31.2. The Bertz CT molecular complexity index is 1720. The summed E-state index contributed by atoms with van der Waals surface area (Å²) in [6.45, 7) is 18.8. The van der Waals surface area contributed by atoms with Crippen molar-refractivity contribution in [2.24, 2.45) is 0 Å². The van der Waals surface area contributed by atoms with E-state index in [1.807, 2.05) is 13.0 Å². The van der Waals surface area contributed by atoms with Gasteiger partial charge in [-0.15, -0.1) is 0 Å². The van der Waals surface area contributed by atoms with Crippen molar-refractivity contribution in [2.45, 2.75) is 230 Å². The van der Waals surface area contributed by atoms with Crippen LogP contribution < -0.4 is 10.4 Å². The van der Waals surface area contributed by atoms with Crippen LogP contribution in [0, 0.1) is 11.8 Å². The third-order valence-electron chi connectivity index (χ3n) is 13.2. The lowest BCUT2D eigenvalue weighted by Crippen LogP contribution is -2.69. The molecule has 1 fully saturated rings. The minimum absolute atomic E-state index is 0.0289. The van der Waals surface area contributed by atoms with Crippen LogP contribution in [0.15, 0.2) is 84.5 Å². The smallest absolute Gasteiger partial charge is 0.334 e. The Kier molecular flexibility index (Phi) is 24.0. The third kappa shape index (κ3) is 19.0. The monoisotopic (exact) mass is 929 g/mol. The predicted octanol–water partition coefficient (Wildman–Crippen LogP) is 12.0. The molecule has 2 heterocycles. The standard InChI is InChI=1S/C56H88O7Si2/c1-9-10-11-12-13-14-15-16-17-18-19-29-36-53-54(63-65(56(3,4)5,49-32-25-21-26-33-49)50-34-27-22-28-35-50)40-39-52(62-53)51(58)38-37-47(57)30-23-20-24-31-48(60-41-42-64(6,7)8)44-46-43-45(2)61-55(46)59/h19,21-22,25-29,32-35,43,45,47-48,51-54,57-58H,9-18,20,23-24,30-31,36,39-42,44H2,1-8H3/b29-19-/t45-,47+,48+,51?,52+,53+,54+/m0/s1. The zero-order valence-electron chi connectivity index (χ0n) is 41.8. The van der Waals surface area contributed by atoms with Crippen LogP contribution in [0.3, 0.4) is 0 Å². The van der Waals surface area contributed by atoms with Crippen molar-refractivity contribution in [3.63, 3.8) is 0 Å². The Morgan fingerprint density at radius 2 is 1.40 bits per heavy atom. The molecule has 7 nitrogen and oxygen atoms in total. The molecule has 4 rings (SSSR count). The van der Waals surface area contributed by atoms with Crippen LogP contribution in [0.25, 0.3) is 0 Å². The Hall–Kier alpha value is -2.82. The number of hydrogen-bond donors (Lipinski definition) is 2. The number of aliphatic hydroxyl groups excluding tert-OH is 2. The molecule has 2 N–H and O–H groups in total. The van der Waals surface area contributed by atoms with Crippen LogP contribution >= 0.6 is 0 Å².